The molecule has 0 fully saturated rings. The molecule has 0 bridgehead atoms. The van der Waals surface area contributed by atoms with Gasteiger partial charge in [0.1, 0.15) is 17.3 Å². The lowest BCUT2D eigenvalue weighted by molar-refractivity contribution is 0.604. The molecular formula is C19H19FN4. The number of nitrogens with zero attached hydrogens (tertiary/aromatic N) is 3. The molecule has 2 heterocycles. The molecule has 0 amide bonds. The first-order valence-corrected chi connectivity index (χ1v) is 7.96. The fourth-order valence-electron chi connectivity index (χ4n) is 2.60. The Labute approximate surface area is 140 Å². The van der Waals surface area contributed by atoms with Gasteiger partial charge in [-0.05, 0) is 43.0 Å². The molecule has 0 saturated heterocycles. The number of aryl methyl sites for hydroxylation is 2. The number of hydrogen-bond donors (Lipinski definition) is 1. The molecule has 0 unspecified atom stereocenters. The van der Waals surface area contributed by atoms with Gasteiger partial charge in [-0.3, -0.25) is 4.98 Å². The largest absolute Gasteiger partial charge is 0.373 e. The molecule has 5 heteroatoms. The van der Waals surface area contributed by atoms with Crippen molar-refractivity contribution in [2.24, 2.45) is 0 Å². The van der Waals surface area contributed by atoms with Crippen molar-refractivity contribution in [3.8, 4) is 11.5 Å². The summed E-state index contributed by atoms with van der Waals surface area (Å²) >= 11 is 0. The van der Waals surface area contributed by atoms with E-state index in [1.165, 1.54) is 6.07 Å². The second kappa shape index (κ2) is 7.64. The average molecular weight is 322 g/mol. The minimum atomic E-state index is -0.145. The molecule has 4 nitrogen and oxygen atoms in total. The van der Waals surface area contributed by atoms with Gasteiger partial charge in [0.25, 0.3) is 0 Å². The lowest BCUT2D eigenvalue weighted by Gasteiger charge is -2.10. The van der Waals surface area contributed by atoms with E-state index in [2.05, 4.69) is 20.3 Å². The van der Waals surface area contributed by atoms with Crippen molar-refractivity contribution in [3.63, 3.8) is 0 Å². The number of hydrogen-bond acceptors (Lipinski definition) is 4. The van der Waals surface area contributed by atoms with Crippen LogP contribution in [-0.4, -0.2) is 22.0 Å². The number of benzene rings is 1. The van der Waals surface area contributed by atoms with Crippen molar-refractivity contribution in [2.75, 3.05) is 12.4 Å². The standard InChI is InChI=1S/C19H19FN4/c1-21-18-15(9-6-8-14-7-2-3-10-16(14)20)13-23-19(24-18)17-11-4-5-12-22-17/h2-5,7,10-13H,6,8-9H2,1H3,(H,21,23,24). The Morgan fingerprint density at radius 3 is 2.50 bits per heavy atom. The van der Waals surface area contributed by atoms with Gasteiger partial charge in [0.05, 0.1) is 0 Å². The van der Waals surface area contributed by atoms with Crippen LogP contribution in [0.2, 0.25) is 0 Å². The quantitative estimate of drug-likeness (QED) is 0.748. The minimum absolute atomic E-state index is 0.145. The molecule has 0 aliphatic carbocycles. The number of pyridine rings is 1. The van der Waals surface area contributed by atoms with E-state index in [1.54, 1.807) is 12.3 Å². The highest BCUT2D eigenvalue weighted by atomic mass is 19.1. The molecule has 0 spiro atoms. The van der Waals surface area contributed by atoms with Crippen LogP contribution in [-0.2, 0) is 12.8 Å². The molecule has 0 radical (unpaired) electrons. The Morgan fingerprint density at radius 1 is 0.958 bits per heavy atom. The molecule has 24 heavy (non-hydrogen) atoms. The maximum atomic E-state index is 13.7. The number of aromatic nitrogens is 3. The van der Waals surface area contributed by atoms with Gasteiger partial charge in [-0.25, -0.2) is 14.4 Å². The lowest BCUT2D eigenvalue weighted by Crippen LogP contribution is -2.03. The van der Waals surface area contributed by atoms with Gasteiger partial charge in [-0.2, -0.15) is 0 Å². The SMILES string of the molecule is CNc1nc(-c2ccccn2)ncc1CCCc1ccccc1F. The third-order valence-electron chi connectivity index (χ3n) is 3.85. The molecule has 3 rings (SSSR count). The van der Waals surface area contributed by atoms with Gasteiger partial charge < -0.3 is 5.32 Å². The maximum Gasteiger partial charge on any atom is 0.180 e. The molecule has 1 N–H and O–H groups in total. The summed E-state index contributed by atoms with van der Waals surface area (Å²) in [5, 5.41) is 3.11. The second-order valence-electron chi connectivity index (χ2n) is 5.48. The minimum Gasteiger partial charge on any atom is -0.373 e. The summed E-state index contributed by atoms with van der Waals surface area (Å²) in [5.74, 6) is 1.24. The van der Waals surface area contributed by atoms with Crippen molar-refractivity contribution >= 4 is 5.82 Å². The van der Waals surface area contributed by atoms with Gasteiger partial charge in [-0.15, -0.1) is 0 Å². The van der Waals surface area contributed by atoms with Crippen molar-refractivity contribution in [3.05, 3.63) is 71.8 Å². The van der Waals surface area contributed by atoms with E-state index in [9.17, 15) is 4.39 Å². The van der Waals surface area contributed by atoms with E-state index in [1.807, 2.05) is 43.6 Å². The van der Waals surface area contributed by atoms with Crippen molar-refractivity contribution < 1.29 is 4.39 Å². The first-order valence-electron chi connectivity index (χ1n) is 7.96. The summed E-state index contributed by atoms with van der Waals surface area (Å²) in [5.41, 5.74) is 2.51. The van der Waals surface area contributed by atoms with E-state index in [-0.39, 0.29) is 5.82 Å². The molecular weight excluding hydrogens is 303 g/mol. The van der Waals surface area contributed by atoms with E-state index >= 15 is 0 Å². The van der Waals surface area contributed by atoms with Crippen molar-refractivity contribution in [1.29, 1.82) is 0 Å². The monoisotopic (exact) mass is 322 g/mol. The van der Waals surface area contributed by atoms with E-state index in [0.29, 0.717) is 12.2 Å². The highest BCUT2D eigenvalue weighted by molar-refractivity contribution is 5.54. The van der Waals surface area contributed by atoms with E-state index in [4.69, 9.17) is 0 Å². The van der Waals surface area contributed by atoms with Gasteiger partial charge in [-0.1, -0.05) is 24.3 Å². The molecule has 122 valence electrons. The third kappa shape index (κ3) is 3.74. The van der Waals surface area contributed by atoms with Crippen LogP contribution in [0, 0.1) is 5.82 Å². The van der Waals surface area contributed by atoms with Crippen LogP contribution in [0.1, 0.15) is 17.5 Å². The Balaban J connectivity index is 1.71. The lowest BCUT2D eigenvalue weighted by atomic mass is 10.0. The van der Waals surface area contributed by atoms with Crippen molar-refractivity contribution in [2.45, 2.75) is 19.3 Å². The highest BCUT2D eigenvalue weighted by Gasteiger charge is 2.09. The smallest absolute Gasteiger partial charge is 0.180 e. The molecule has 0 aliphatic rings. The summed E-state index contributed by atoms with van der Waals surface area (Å²) in [6.45, 7) is 0. The van der Waals surface area contributed by atoms with Crippen molar-refractivity contribution in [1.82, 2.24) is 15.0 Å². The molecule has 0 atom stereocenters. The van der Waals surface area contributed by atoms with Crippen LogP contribution in [0.4, 0.5) is 10.2 Å². The Morgan fingerprint density at radius 2 is 1.75 bits per heavy atom. The third-order valence-corrected chi connectivity index (χ3v) is 3.85. The Hall–Kier alpha value is -2.82. The summed E-state index contributed by atoms with van der Waals surface area (Å²) in [6.07, 6.45) is 5.86. The van der Waals surface area contributed by atoms with Crippen LogP contribution in [0.15, 0.2) is 54.9 Å². The zero-order valence-corrected chi connectivity index (χ0v) is 13.5. The molecule has 2 aromatic heterocycles. The van der Waals surface area contributed by atoms with Gasteiger partial charge in [0, 0.05) is 25.0 Å². The average Bonchev–Trinajstić information content (AvgIpc) is 2.64. The van der Waals surface area contributed by atoms with Gasteiger partial charge in [0.2, 0.25) is 0 Å². The number of halogens is 1. The fourth-order valence-corrected chi connectivity index (χ4v) is 2.60. The second-order valence-corrected chi connectivity index (χ2v) is 5.48. The summed E-state index contributed by atoms with van der Waals surface area (Å²) in [4.78, 5) is 13.2. The Kier molecular flexibility index (Phi) is 5.11. The first-order chi connectivity index (χ1) is 11.8. The zero-order chi connectivity index (χ0) is 16.8. The molecule has 3 aromatic rings. The summed E-state index contributed by atoms with van der Waals surface area (Å²) in [7, 11) is 1.84. The van der Waals surface area contributed by atoms with Crippen LogP contribution in [0.5, 0.6) is 0 Å². The first kappa shape index (κ1) is 16.1. The fraction of sp³-hybridized carbons (Fsp3) is 0.211. The maximum absolute atomic E-state index is 13.7. The normalized spacial score (nSPS) is 10.6. The van der Waals surface area contributed by atoms with Crippen LogP contribution in [0.3, 0.4) is 0 Å². The van der Waals surface area contributed by atoms with Gasteiger partial charge in [0.15, 0.2) is 5.82 Å². The van der Waals surface area contributed by atoms with Gasteiger partial charge >= 0.3 is 0 Å². The Bertz CT molecular complexity index is 805. The van der Waals surface area contributed by atoms with E-state index in [0.717, 1.165) is 35.5 Å². The van der Waals surface area contributed by atoms with E-state index < -0.39 is 0 Å². The van der Waals surface area contributed by atoms with Crippen LogP contribution < -0.4 is 5.32 Å². The molecule has 1 aromatic carbocycles. The summed E-state index contributed by atoms with van der Waals surface area (Å²) < 4.78 is 13.7. The molecule has 0 aliphatic heterocycles. The predicted octanol–water partition coefficient (Wildman–Crippen LogP) is 3.89. The van der Waals surface area contributed by atoms with Crippen LogP contribution >= 0.6 is 0 Å². The topological polar surface area (TPSA) is 50.7 Å². The predicted molar refractivity (Wildman–Crippen MR) is 93.2 cm³/mol. The number of anilines is 1. The van der Waals surface area contributed by atoms with Crippen LogP contribution in [0.25, 0.3) is 11.5 Å². The number of nitrogens with one attached hydrogen (secondary N) is 1. The number of rotatable bonds is 6. The summed E-state index contributed by atoms with van der Waals surface area (Å²) in [6, 6.07) is 12.6. The zero-order valence-electron chi connectivity index (χ0n) is 13.5. The highest BCUT2D eigenvalue weighted by Crippen LogP contribution is 2.19. The molecule has 0 saturated carbocycles.